The predicted molar refractivity (Wildman–Crippen MR) is 85.2 cm³/mol. The van der Waals surface area contributed by atoms with E-state index in [0.717, 1.165) is 25.1 Å². The van der Waals surface area contributed by atoms with E-state index in [9.17, 15) is 9.90 Å². The van der Waals surface area contributed by atoms with Gasteiger partial charge >= 0.3 is 0 Å². The maximum absolute atomic E-state index is 12.2. The number of aromatic hydroxyl groups is 1. The van der Waals surface area contributed by atoms with Crippen LogP contribution in [0.15, 0.2) is 24.3 Å². The second kappa shape index (κ2) is 7.29. The molecule has 0 bridgehead atoms. The van der Waals surface area contributed by atoms with Crippen LogP contribution >= 0.6 is 0 Å². The second-order valence-electron chi connectivity index (χ2n) is 6.42. The van der Waals surface area contributed by atoms with Crippen LogP contribution < -0.4 is 5.32 Å². The third kappa shape index (κ3) is 4.22. The van der Waals surface area contributed by atoms with E-state index in [0.29, 0.717) is 19.1 Å². The molecule has 126 valence electrons. The molecule has 23 heavy (non-hydrogen) atoms. The molecule has 6 heteroatoms. The number of nitrogens with zero attached hydrogens (tertiary/aromatic N) is 1. The number of morpholine rings is 1. The number of aliphatic hydroxyl groups is 1. The number of hydrogen-bond donors (Lipinski definition) is 3. The monoisotopic (exact) mass is 320 g/mol. The van der Waals surface area contributed by atoms with Crippen LogP contribution in [0.4, 0.5) is 0 Å². The molecule has 3 rings (SSSR count). The second-order valence-corrected chi connectivity index (χ2v) is 6.42. The molecule has 0 radical (unpaired) electrons. The molecule has 0 aromatic heterocycles. The number of aliphatic hydroxyl groups excluding tert-OH is 1. The maximum atomic E-state index is 12.2. The Balaban J connectivity index is 1.49. The van der Waals surface area contributed by atoms with Gasteiger partial charge in [0, 0.05) is 31.8 Å². The number of nitrogens with one attached hydrogen (secondary N) is 1. The average Bonchev–Trinajstić information content (AvgIpc) is 2.88. The van der Waals surface area contributed by atoms with Crippen LogP contribution in [0, 0.1) is 0 Å². The maximum Gasteiger partial charge on any atom is 0.224 e. The highest BCUT2D eigenvalue weighted by Crippen LogP contribution is 2.24. The van der Waals surface area contributed by atoms with Crippen LogP contribution in [0.3, 0.4) is 0 Å². The summed E-state index contributed by atoms with van der Waals surface area (Å²) in [4.78, 5) is 14.5. The minimum Gasteiger partial charge on any atom is -0.508 e. The predicted octanol–water partition coefficient (Wildman–Crippen LogP) is 0.275. The molecule has 1 amide bonds. The fourth-order valence-corrected chi connectivity index (χ4v) is 3.50. The standard InChI is InChI=1S/C17H24N2O4/c20-5-4-16-10-19-9-13(8-14(19)11-23-16)18-17(22)7-12-2-1-3-15(21)6-12/h1-3,6,13-14,16,20-21H,4-5,7-11H2,(H,18,22)/t13-,14-,16-/m0/s1. The first-order chi connectivity index (χ1) is 11.1. The van der Waals surface area contributed by atoms with Crippen LogP contribution in [-0.4, -0.2) is 65.5 Å². The quantitative estimate of drug-likeness (QED) is 0.726. The molecule has 2 fully saturated rings. The molecule has 0 aliphatic carbocycles. The van der Waals surface area contributed by atoms with Crippen molar-refractivity contribution < 1.29 is 19.7 Å². The highest BCUT2D eigenvalue weighted by molar-refractivity contribution is 5.79. The summed E-state index contributed by atoms with van der Waals surface area (Å²) in [5, 5.41) is 21.5. The summed E-state index contributed by atoms with van der Waals surface area (Å²) in [5.41, 5.74) is 0.810. The van der Waals surface area contributed by atoms with Crippen LogP contribution in [0.5, 0.6) is 5.75 Å². The largest absolute Gasteiger partial charge is 0.508 e. The lowest BCUT2D eigenvalue weighted by molar-refractivity contribution is -0.121. The first-order valence-electron chi connectivity index (χ1n) is 8.18. The van der Waals surface area contributed by atoms with Gasteiger partial charge in [0.05, 0.1) is 19.1 Å². The number of fused-ring (bicyclic) bond motifs is 1. The molecule has 0 unspecified atom stereocenters. The van der Waals surface area contributed by atoms with Crippen molar-refractivity contribution in [2.75, 3.05) is 26.3 Å². The number of rotatable bonds is 5. The highest BCUT2D eigenvalue weighted by atomic mass is 16.5. The number of carbonyl (C=O) groups excluding carboxylic acids is 1. The van der Waals surface area contributed by atoms with Gasteiger partial charge in [0.2, 0.25) is 5.91 Å². The number of amides is 1. The summed E-state index contributed by atoms with van der Waals surface area (Å²) in [5.74, 6) is 0.161. The van der Waals surface area contributed by atoms with E-state index in [1.165, 1.54) is 0 Å². The molecule has 1 aromatic carbocycles. The summed E-state index contributed by atoms with van der Waals surface area (Å²) < 4.78 is 5.75. The lowest BCUT2D eigenvalue weighted by Gasteiger charge is -2.34. The molecule has 2 aliphatic heterocycles. The molecule has 6 nitrogen and oxygen atoms in total. The van der Waals surface area contributed by atoms with Crippen molar-refractivity contribution in [3.05, 3.63) is 29.8 Å². The van der Waals surface area contributed by atoms with Crippen molar-refractivity contribution in [1.29, 1.82) is 0 Å². The Hall–Kier alpha value is -1.63. The Morgan fingerprint density at radius 1 is 1.39 bits per heavy atom. The van der Waals surface area contributed by atoms with Crippen LogP contribution in [0.25, 0.3) is 0 Å². The molecule has 0 saturated carbocycles. The number of ether oxygens (including phenoxy) is 1. The van der Waals surface area contributed by atoms with Gasteiger partial charge in [0.15, 0.2) is 0 Å². The van der Waals surface area contributed by atoms with Gasteiger partial charge in [-0.25, -0.2) is 0 Å². The zero-order chi connectivity index (χ0) is 16.2. The van der Waals surface area contributed by atoms with Gasteiger partial charge in [-0.15, -0.1) is 0 Å². The Morgan fingerprint density at radius 2 is 2.26 bits per heavy atom. The zero-order valence-corrected chi connectivity index (χ0v) is 13.1. The number of benzene rings is 1. The Morgan fingerprint density at radius 3 is 3.04 bits per heavy atom. The first-order valence-corrected chi connectivity index (χ1v) is 8.18. The van der Waals surface area contributed by atoms with Crippen molar-refractivity contribution in [3.63, 3.8) is 0 Å². The first kappa shape index (κ1) is 16.2. The van der Waals surface area contributed by atoms with Gasteiger partial charge in [-0.2, -0.15) is 0 Å². The summed E-state index contributed by atoms with van der Waals surface area (Å²) >= 11 is 0. The molecule has 3 N–H and O–H groups in total. The molecule has 2 saturated heterocycles. The molecule has 2 aliphatic rings. The van der Waals surface area contributed by atoms with Crippen molar-refractivity contribution >= 4 is 5.91 Å². The van der Waals surface area contributed by atoms with E-state index in [1.807, 2.05) is 6.07 Å². The third-order valence-corrected chi connectivity index (χ3v) is 4.58. The van der Waals surface area contributed by atoms with E-state index < -0.39 is 0 Å². The zero-order valence-electron chi connectivity index (χ0n) is 13.1. The van der Waals surface area contributed by atoms with E-state index in [1.54, 1.807) is 18.2 Å². The van der Waals surface area contributed by atoms with Crippen molar-refractivity contribution in [2.24, 2.45) is 0 Å². The van der Waals surface area contributed by atoms with Crippen LogP contribution in [0.2, 0.25) is 0 Å². The number of carbonyl (C=O) groups is 1. The van der Waals surface area contributed by atoms with Gasteiger partial charge in [-0.3, -0.25) is 9.69 Å². The fourth-order valence-electron chi connectivity index (χ4n) is 3.50. The lowest BCUT2D eigenvalue weighted by atomic mass is 10.1. The molecule has 3 atom stereocenters. The normalized spacial score (nSPS) is 27.6. The summed E-state index contributed by atoms with van der Waals surface area (Å²) in [6.07, 6.45) is 1.94. The van der Waals surface area contributed by atoms with Gasteiger partial charge in [0.1, 0.15) is 5.75 Å². The summed E-state index contributed by atoms with van der Waals surface area (Å²) in [6, 6.07) is 7.29. The SMILES string of the molecule is O=C(Cc1cccc(O)c1)N[C@H]1C[C@H]2CO[C@@H](CCO)CN2C1. The Bertz CT molecular complexity index is 551. The minimum absolute atomic E-state index is 0.0201. The van der Waals surface area contributed by atoms with E-state index in [4.69, 9.17) is 9.84 Å². The van der Waals surface area contributed by atoms with Crippen molar-refractivity contribution in [1.82, 2.24) is 10.2 Å². The smallest absolute Gasteiger partial charge is 0.224 e. The Labute approximate surface area is 136 Å². The van der Waals surface area contributed by atoms with Gasteiger partial charge in [-0.05, 0) is 30.5 Å². The van der Waals surface area contributed by atoms with Crippen molar-refractivity contribution in [3.8, 4) is 5.75 Å². The van der Waals surface area contributed by atoms with Crippen molar-refractivity contribution in [2.45, 2.75) is 37.5 Å². The van der Waals surface area contributed by atoms with E-state index in [-0.39, 0.29) is 36.8 Å². The van der Waals surface area contributed by atoms with E-state index in [2.05, 4.69) is 10.2 Å². The molecular weight excluding hydrogens is 296 g/mol. The number of phenols is 1. The third-order valence-electron chi connectivity index (χ3n) is 4.58. The highest BCUT2D eigenvalue weighted by Gasteiger charge is 2.37. The molecular formula is C17H24N2O4. The van der Waals surface area contributed by atoms with Crippen LogP contribution in [-0.2, 0) is 16.0 Å². The van der Waals surface area contributed by atoms with Gasteiger partial charge < -0.3 is 20.3 Å². The summed E-state index contributed by atoms with van der Waals surface area (Å²) in [7, 11) is 0. The molecule has 2 heterocycles. The summed E-state index contributed by atoms with van der Waals surface area (Å²) in [6.45, 7) is 2.47. The average molecular weight is 320 g/mol. The van der Waals surface area contributed by atoms with Gasteiger partial charge in [0.25, 0.3) is 0 Å². The number of phenolic OH excluding ortho intramolecular Hbond substituents is 1. The topological polar surface area (TPSA) is 82.0 Å². The molecule has 0 spiro atoms. The van der Waals surface area contributed by atoms with Crippen LogP contribution in [0.1, 0.15) is 18.4 Å². The molecule has 1 aromatic rings. The fraction of sp³-hybridized carbons (Fsp3) is 0.588. The lowest BCUT2D eigenvalue weighted by Crippen LogP contribution is -2.46. The van der Waals surface area contributed by atoms with E-state index >= 15 is 0 Å². The number of hydrogen-bond acceptors (Lipinski definition) is 5. The van der Waals surface area contributed by atoms with Gasteiger partial charge in [-0.1, -0.05) is 12.1 Å². The minimum atomic E-state index is -0.0201. The Kier molecular flexibility index (Phi) is 5.15.